The number of aliphatic carboxylic acids is 1. The third-order valence-corrected chi connectivity index (χ3v) is 5.04. The molecule has 3 atom stereocenters. The van der Waals surface area contributed by atoms with E-state index in [1.807, 2.05) is 19.1 Å². The van der Waals surface area contributed by atoms with Gasteiger partial charge in [-0.3, -0.25) is 19.4 Å². The standard InChI is InChI=1S/C21H23N3O4/c1-14-12-24(13-17(14)21(27)28)20(26)18(10-15-6-5-9-22-11-15)23-19(25)16-7-3-2-4-8-16/h2-9,11,14,17-18H,10,12-13H2,1H3,(H,23,25)(H,27,28)/t14-,17-,18?/m1/s1. The monoisotopic (exact) mass is 381 g/mol. The first-order valence-corrected chi connectivity index (χ1v) is 9.22. The average Bonchev–Trinajstić information content (AvgIpc) is 3.10. The number of pyridine rings is 1. The van der Waals surface area contributed by atoms with Crippen molar-refractivity contribution in [3.63, 3.8) is 0 Å². The van der Waals surface area contributed by atoms with Gasteiger partial charge < -0.3 is 15.3 Å². The van der Waals surface area contributed by atoms with E-state index < -0.39 is 17.9 Å². The van der Waals surface area contributed by atoms with Gasteiger partial charge in [-0.2, -0.15) is 0 Å². The van der Waals surface area contributed by atoms with Crippen LogP contribution in [-0.4, -0.2) is 51.9 Å². The number of hydrogen-bond acceptors (Lipinski definition) is 4. The van der Waals surface area contributed by atoms with Gasteiger partial charge in [0.25, 0.3) is 5.91 Å². The lowest BCUT2D eigenvalue weighted by Crippen LogP contribution is -2.49. The highest BCUT2D eigenvalue weighted by Gasteiger charge is 2.39. The van der Waals surface area contributed by atoms with Crippen LogP contribution in [0.2, 0.25) is 0 Å². The van der Waals surface area contributed by atoms with Crippen LogP contribution in [0.5, 0.6) is 0 Å². The smallest absolute Gasteiger partial charge is 0.308 e. The van der Waals surface area contributed by atoms with Crippen molar-refractivity contribution < 1.29 is 19.5 Å². The van der Waals surface area contributed by atoms with E-state index in [9.17, 15) is 19.5 Å². The van der Waals surface area contributed by atoms with Crippen molar-refractivity contribution in [2.75, 3.05) is 13.1 Å². The Hall–Kier alpha value is -3.22. The van der Waals surface area contributed by atoms with Gasteiger partial charge in [-0.1, -0.05) is 31.2 Å². The summed E-state index contributed by atoms with van der Waals surface area (Å²) in [6.07, 6.45) is 3.58. The molecule has 28 heavy (non-hydrogen) atoms. The molecule has 0 spiro atoms. The fraction of sp³-hybridized carbons (Fsp3) is 0.333. The summed E-state index contributed by atoms with van der Waals surface area (Å²) in [7, 11) is 0. The second-order valence-electron chi connectivity index (χ2n) is 7.12. The van der Waals surface area contributed by atoms with Gasteiger partial charge in [0.2, 0.25) is 5.91 Å². The summed E-state index contributed by atoms with van der Waals surface area (Å²) in [6.45, 7) is 2.34. The van der Waals surface area contributed by atoms with E-state index in [1.165, 1.54) is 4.90 Å². The number of amides is 2. The summed E-state index contributed by atoms with van der Waals surface area (Å²) in [5.41, 5.74) is 1.28. The highest BCUT2D eigenvalue weighted by molar-refractivity contribution is 5.97. The molecule has 1 aliphatic rings. The van der Waals surface area contributed by atoms with Gasteiger partial charge in [0, 0.05) is 37.5 Å². The molecule has 3 rings (SSSR count). The van der Waals surface area contributed by atoms with E-state index in [0.29, 0.717) is 12.1 Å². The molecule has 1 aromatic carbocycles. The first kappa shape index (κ1) is 19.5. The van der Waals surface area contributed by atoms with E-state index in [-0.39, 0.29) is 30.7 Å². The fourth-order valence-electron chi connectivity index (χ4n) is 3.47. The van der Waals surface area contributed by atoms with Crippen molar-refractivity contribution in [2.45, 2.75) is 19.4 Å². The summed E-state index contributed by atoms with van der Waals surface area (Å²) in [5, 5.41) is 12.1. The van der Waals surface area contributed by atoms with Crippen LogP contribution in [0.4, 0.5) is 0 Å². The largest absolute Gasteiger partial charge is 0.481 e. The maximum absolute atomic E-state index is 13.1. The topological polar surface area (TPSA) is 99.6 Å². The molecule has 0 aliphatic carbocycles. The number of rotatable bonds is 6. The van der Waals surface area contributed by atoms with E-state index in [1.54, 1.807) is 42.7 Å². The molecule has 0 saturated carbocycles. The Labute approximate surface area is 163 Å². The van der Waals surface area contributed by atoms with Crippen LogP contribution in [-0.2, 0) is 16.0 Å². The molecular formula is C21H23N3O4. The number of carboxylic acids is 1. The van der Waals surface area contributed by atoms with Crippen LogP contribution in [0.3, 0.4) is 0 Å². The fourth-order valence-corrected chi connectivity index (χ4v) is 3.47. The van der Waals surface area contributed by atoms with Crippen molar-refractivity contribution in [3.05, 3.63) is 66.0 Å². The molecule has 2 heterocycles. The highest BCUT2D eigenvalue weighted by Crippen LogP contribution is 2.24. The molecule has 1 aromatic heterocycles. The van der Waals surface area contributed by atoms with Gasteiger partial charge in [0.05, 0.1) is 5.92 Å². The summed E-state index contributed by atoms with van der Waals surface area (Å²) in [5.74, 6) is -2.24. The van der Waals surface area contributed by atoms with E-state index >= 15 is 0 Å². The Kier molecular flexibility index (Phi) is 6.03. The number of nitrogens with zero attached hydrogens (tertiary/aromatic N) is 2. The van der Waals surface area contributed by atoms with Crippen LogP contribution in [0.1, 0.15) is 22.8 Å². The number of aromatic nitrogens is 1. The van der Waals surface area contributed by atoms with Gasteiger partial charge in [-0.15, -0.1) is 0 Å². The Morgan fingerprint density at radius 1 is 1.18 bits per heavy atom. The molecule has 0 bridgehead atoms. The van der Waals surface area contributed by atoms with Crippen molar-refractivity contribution in [2.24, 2.45) is 11.8 Å². The molecule has 1 unspecified atom stereocenters. The van der Waals surface area contributed by atoms with Crippen molar-refractivity contribution in [1.29, 1.82) is 0 Å². The molecular weight excluding hydrogens is 358 g/mol. The second kappa shape index (κ2) is 8.65. The number of carbonyl (C=O) groups is 3. The Balaban J connectivity index is 1.78. The maximum atomic E-state index is 13.1. The predicted molar refractivity (Wildman–Crippen MR) is 103 cm³/mol. The van der Waals surface area contributed by atoms with Gasteiger partial charge >= 0.3 is 5.97 Å². The van der Waals surface area contributed by atoms with Gasteiger partial charge in [-0.25, -0.2) is 0 Å². The van der Waals surface area contributed by atoms with Crippen molar-refractivity contribution in [1.82, 2.24) is 15.2 Å². The minimum atomic E-state index is -0.903. The number of hydrogen-bond donors (Lipinski definition) is 2. The van der Waals surface area contributed by atoms with E-state index in [2.05, 4.69) is 10.3 Å². The zero-order valence-corrected chi connectivity index (χ0v) is 15.6. The predicted octanol–water partition coefficient (Wildman–Crippen LogP) is 1.60. The van der Waals surface area contributed by atoms with E-state index in [4.69, 9.17) is 0 Å². The van der Waals surface area contributed by atoms with Crippen LogP contribution < -0.4 is 5.32 Å². The molecule has 2 aromatic rings. The molecule has 7 nitrogen and oxygen atoms in total. The highest BCUT2D eigenvalue weighted by atomic mass is 16.4. The quantitative estimate of drug-likeness (QED) is 0.792. The summed E-state index contributed by atoms with van der Waals surface area (Å²) < 4.78 is 0. The Bertz CT molecular complexity index is 841. The van der Waals surface area contributed by atoms with Gasteiger partial charge in [0.15, 0.2) is 0 Å². The third kappa shape index (κ3) is 4.54. The molecule has 146 valence electrons. The molecule has 7 heteroatoms. The molecule has 2 N–H and O–H groups in total. The summed E-state index contributed by atoms with van der Waals surface area (Å²) >= 11 is 0. The lowest BCUT2D eigenvalue weighted by Gasteiger charge is -2.24. The number of benzene rings is 1. The van der Waals surface area contributed by atoms with Gasteiger partial charge in [-0.05, 0) is 29.7 Å². The van der Waals surface area contributed by atoms with Crippen LogP contribution in [0, 0.1) is 11.8 Å². The number of carboxylic acid groups (broad SMARTS) is 1. The zero-order valence-electron chi connectivity index (χ0n) is 15.6. The first-order valence-electron chi connectivity index (χ1n) is 9.22. The van der Waals surface area contributed by atoms with Crippen molar-refractivity contribution >= 4 is 17.8 Å². The average molecular weight is 381 g/mol. The molecule has 1 fully saturated rings. The number of likely N-dealkylation sites (tertiary alicyclic amines) is 1. The lowest BCUT2D eigenvalue weighted by molar-refractivity contribution is -0.142. The zero-order chi connectivity index (χ0) is 20.1. The summed E-state index contributed by atoms with van der Waals surface area (Å²) in [6, 6.07) is 11.5. The van der Waals surface area contributed by atoms with Gasteiger partial charge in [0.1, 0.15) is 6.04 Å². The third-order valence-electron chi connectivity index (χ3n) is 5.04. The second-order valence-corrected chi connectivity index (χ2v) is 7.12. The molecule has 2 amide bonds. The van der Waals surface area contributed by atoms with Crippen LogP contribution in [0.15, 0.2) is 54.9 Å². The number of carbonyl (C=O) groups excluding carboxylic acids is 2. The Morgan fingerprint density at radius 2 is 1.93 bits per heavy atom. The lowest BCUT2D eigenvalue weighted by atomic mass is 9.99. The Morgan fingerprint density at radius 3 is 2.54 bits per heavy atom. The van der Waals surface area contributed by atoms with E-state index in [0.717, 1.165) is 5.56 Å². The summed E-state index contributed by atoms with van der Waals surface area (Å²) in [4.78, 5) is 42.7. The SMILES string of the molecule is C[C@@H]1CN(C(=O)C(Cc2cccnc2)NC(=O)c2ccccc2)C[C@H]1C(=O)O. The molecule has 0 radical (unpaired) electrons. The van der Waals surface area contributed by atoms with Crippen LogP contribution in [0.25, 0.3) is 0 Å². The van der Waals surface area contributed by atoms with Crippen molar-refractivity contribution in [3.8, 4) is 0 Å². The number of nitrogens with one attached hydrogen (secondary N) is 1. The normalized spacial score (nSPS) is 19.8. The minimum absolute atomic E-state index is 0.134. The first-order chi connectivity index (χ1) is 13.5. The molecule has 1 aliphatic heterocycles. The van der Waals surface area contributed by atoms with Crippen LogP contribution >= 0.6 is 0 Å². The maximum Gasteiger partial charge on any atom is 0.308 e. The minimum Gasteiger partial charge on any atom is -0.481 e. The molecule has 1 saturated heterocycles.